The van der Waals surface area contributed by atoms with Crippen LogP contribution in [0.5, 0.6) is 0 Å². The van der Waals surface area contributed by atoms with Crippen LogP contribution in [-0.4, -0.2) is 59.1 Å². The number of carbonyl (C=O) groups is 1. The highest BCUT2D eigenvalue weighted by Gasteiger charge is 2.16. The molecule has 0 aliphatic heterocycles. The molecule has 0 aliphatic carbocycles. The number of alkyl carbamates (subject to hydrolysis) is 1. The van der Waals surface area contributed by atoms with E-state index in [4.69, 9.17) is 33.7 Å². The Hall–Kier alpha value is -5.27. The summed E-state index contributed by atoms with van der Waals surface area (Å²) in [6.45, 7) is 1.35. The number of ether oxygens (including phenoxy) is 1. The van der Waals surface area contributed by atoms with E-state index >= 15 is 0 Å². The van der Waals surface area contributed by atoms with E-state index in [9.17, 15) is 13.6 Å². The maximum absolute atomic E-state index is 13.8. The van der Waals surface area contributed by atoms with Crippen molar-refractivity contribution in [3.8, 4) is 0 Å². The first-order valence-electron chi connectivity index (χ1n) is 16.2. The van der Waals surface area contributed by atoms with E-state index in [0.717, 1.165) is 15.6 Å². The van der Waals surface area contributed by atoms with Crippen LogP contribution >= 0.6 is 45.9 Å². The molecule has 0 aliphatic rings. The van der Waals surface area contributed by atoms with Gasteiger partial charge < -0.3 is 26.4 Å². The molecule has 0 saturated carbocycles. The molecule has 0 spiro atoms. The number of nitrogens with one attached hydrogen (secondary N) is 3. The Labute approximate surface area is 332 Å². The number of pyridine rings is 2. The van der Waals surface area contributed by atoms with Crippen LogP contribution in [0.4, 0.5) is 25.2 Å². The number of hydrogen-bond acceptors (Lipinski definition) is 15. The molecule has 0 unspecified atom stereocenters. The first kappa shape index (κ1) is 40.9. The molecule has 7 aromatic rings. The third-order valence-corrected chi connectivity index (χ3v) is 9.60. The smallest absolute Gasteiger partial charge is 0.407 e. The molecule has 55 heavy (non-hydrogen) atoms. The van der Waals surface area contributed by atoms with Gasteiger partial charge in [-0.15, -0.1) is 0 Å². The lowest BCUT2D eigenvalue weighted by atomic mass is 10.2. The molecule has 1 amide bonds. The van der Waals surface area contributed by atoms with Gasteiger partial charge in [-0.1, -0.05) is 60.4 Å². The Kier molecular flexibility index (Phi) is 14.8. The van der Waals surface area contributed by atoms with Crippen molar-refractivity contribution in [1.82, 2.24) is 45.2 Å². The van der Waals surface area contributed by atoms with Crippen LogP contribution in [0, 0.1) is 11.6 Å². The van der Waals surface area contributed by atoms with Gasteiger partial charge in [0.1, 0.15) is 29.3 Å². The first-order valence-corrected chi connectivity index (χ1v) is 18.6. The van der Waals surface area contributed by atoms with Crippen LogP contribution in [-0.2, 0) is 37.3 Å². The van der Waals surface area contributed by atoms with Crippen LogP contribution in [0.25, 0.3) is 20.7 Å². The molecule has 14 nitrogen and oxygen atoms in total. The zero-order chi connectivity index (χ0) is 37.9. The Balaban J connectivity index is 0.000000221. The van der Waals surface area contributed by atoms with Crippen molar-refractivity contribution in [2.45, 2.75) is 40.0 Å². The Morgan fingerprint density at radius 3 is 1.76 bits per heavy atom. The van der Waals surface area contributed by atoms with Crippen molar-refractivity contribution in [2.24, 2.45) is 5.73 Å². The number of anilines is 2. The zero-order valence-corrected chi connectivity index (χ0v) is 31.2. The molecule has 20 heteroatoms. The molecule has 0 fully saturated rings. The van der Waals surface area contributed by atoms with Gasteiger partial charge in [0.05, 0.1) is 34.5 Å². The predicted molar refractivity (Wildman–Crippen MR) is 211 cm³/mol. The second-order valence-corrected chi connectivity index (χ2v) is 13.9. The van der Waals surface area contributed by atoms with E-state index in [-0.39, 0.29) is 49.2 Å². The molecule has 0 radical (unpaired) electrons. The molecule has 5 N–H and O–H groups in total. The minimum absolute atomic E-state index is 0. The molecular weight excluding hydrogens is 794 g/mol. The van der Waals surface area contributed by atoms with Crippen molar-refractivity contribution in [3.05, 3.63) is 116 Å². The number of carbonyl (C=O) groups excluding carboxylic acids is 1. The monoisotopic (exact) mass is 826 g/mol. The summed E-state index contributed by atoms with van der Waals surface area (Å²) in [7, 11) is 0. The Morgan fingerprint density at radius 1 is 0.727 bits per heavy atom. The van der Waals surface area contributed by atoms with Crippen LogP contribution in [0.2, 0.25) is 10.6 Å². The highest BCUT2D eigenvalue weighted by Crippen LogP contribution is 2.29. The highest BCUT2D eigenvalue weighted by atomic mass is 35.5. The van der Waals surface area contributed by atoms with Crippen molar-refractivity contribution in [3.63, 3.8) is 0 Å². The lowest BCUT2D eigenvalue weighted by Gasteiger charge is -2.06. The van der Waals surface area contributed by atoms with Crippen molar-refractivity contribution >= 4 is 84.3 Å². The standard InChI is InChI=1S/C21H18ClFN6O2S.C13H12ClFN6S.CH4/c22-20-28-18(26-11-15-14(23)7-4-9-24-15)17-19(29-20)32-16(27-17)8-10-25-21(30)31-12-13-5-2-1-3-6-13;14-13-20-11(18-6-8-7(15)2-1-5-17-8)10-12(21-13)22-9(19-10)3-4-16;/h1-7,9H,8,10-12H2,(H,25,30)(H,26,28,29);1-2,5H,3-4,6,16H2,(H,18,20,21);1H4. The predicted octanol–water partition coefficient (Wildman–Crippen LogP) is 7.38. The van der Waals surface area contributed by atoms with Gasteiger partial charge in [0, 0.05) is 31.8 Å². The minimum Gasteiger partial charge on any atom is -0.445 e. The molecule has 6 aromatic heterocycles. The van der Waals surface area contributed by atoms with E-state index in [2.05, 4.69) is 55.8 Å². The summed E-state index contributed by atoms with van der Waals surface area (Å²) < 4.78 is 32.6. The van der Waals surface area contributed by atoms with E-state index in [0.29, 0.717) is 64.0 Å². The lowest BCUT2D eigenvalue weighted by molar-refractivity contribution is 0.140. The van der Waals surface area contributed by atoms with Gasteiger partial charge in [0.15, 0.2) is 21.3 Å². The number of hydrogen-bond donors (Lipinski definition) is 4. The van der Waals surface area contributed by atoms with Gasteiger partial charge in [0.2, 0.25) is 10.6 Å². The summed E-state index contributed by atoms with van der Waals surface area (Å²) in [6, 6.07) is 15.2. The molecule has 7 rings (SSSR count). The number of thiazole rings is 2. The van der Waals surface area contributed by atoms with Gasteiger partial charge >= 0.3 is 6.09 Å². The number of aromatic nitrogens is 8. The maximum Gasteiger partial charge on any atom is 0.407 e. The van der Waals surface area contributed by atoms with Gasteiger partial charge in [-0.3, -0.25) is 9.97 Å². The van der Waals surface area contributed by atoms with Gasteiger partial charge in [-0.05, 0) is 59.6 Å². The number of amides is 1. The Morgan fingerprint density at radius 2 is 1.25 bits per heavy atom. The molecule has 0 saturated heterocycles. The summed E-state index contributed by atoms with van der Waals surface area (Å²) in [4.78, 5) is 46.8. The summed E-state index contributed by atoms with van der Waals surface area (Å²) in [6.07, 6.45) is 3.68. The molecule has 286 valence electrons. The summed E-state index contributed by atoms with van der Waals surface area (Å²) >= 11 is 14.7. The number of fused-ring (bicyclic) bond motifs is 2. The third-order valence-electron chi connectivity index (χ3n) is 7.25. The van der Waals surface area contributed by atoms with E-state index in [1.807, 2.05) is 30.3 Å². The van der Waals surface area contributed by atoms with Gasteiger partial charge in [-0.25, -0.2) is 33.5 Å². The summed E-state index contributed by atoms with van der Waals surface area (Å²) in [5.74, 6) is 0.0523. The van der Waals surface area contributed by atoms with E-state index < -0.39 is 11.9 Å². The van der Waals surface area contributed by atoms with Gasteiger partial charge in [0.25, 0.3) is 0 Å². The largest absolute Gasteiger partial charge is 0.445 e. The SMILES string of the molecule is C.NCCc1nc2c(NCc3ncccc3F)nc(Cl)nc2s1.O=C(NCCc1nc2c(NCc3ncccc3F)nc(Cl)nc2s1)OCc1ccccc1. The second kappa shape index (κ2) is 19.9. The average molecular weight is 828 g/mol. The van der Waals surface area contributed by atoms with E-state index in [1.165, 1.54) is 59.3 Å². The number of nitrogens with zero attached hydrogens (tertiary/aromatic N) is 8. The molecule has 1 aromatic carbocycles. The fourth-order valence-electron chi connectivity index (χ4n) is 4.74. The molecule has 0 bridgehead atoms. The summed E-state index contributed by atoms with van der Waals surface area (Å²) in [5.41, 5.74) is 8.13. The number of benzene rings is 1. The number of rotatable bonds is 13. The van der Waals surface area contributed by atoms with Crippen LogP contribution in [0.3, 0.4) is 0 Å². The average Bonchev–Trinajstić information content (AvgIpc) is 3.77. The van der Waals surface area contributed by atoms with Crippen molar-refractivity contribution in [1.29, 1.82) is 0 Å². The molecule has 6 heterocycles. The number of nitrogens with two attached hydrogens (primary N) is 1. The summed E-state index contributed by atoms with van der Waals surface area (Å²) in [5, 5.41) is 10.5. The third kappa shape index (κ3) is 11.4. The topological polar surface area (TPSA) is 192 Å². The molecule has 0 atom stereocenters. The maximum atomic E-state index is 13.8. The normalized spacial score (nSPS) is 10.7. The molecular formula is C35H34Cl2F2N12O2S2. The highest BCUT2D eigenvalue weighted by molar-refractivity contribution is 7.18. The van der Waals surface area contributed by atoms with E-state index in [1.54, 1.807) is 0 Å². The van der Waals surface area contributed by atoms with Crippen molar-refractivity contribution in [2.75, 3.05) is 23.7 Å². The van der Waals surface area contributed by atoms with Crippen LogP contribution in [0.1, 0.15) is 34.4 Å². The minimum atomic E-state index is -0.502. The fourth-order valence-corrected chi connectivity index (χ4v) is 7.06. The van der Waals surface area contributed by atoms with Crippen LogP contribution in [0.15, 0.2) is 67.0 Å². The first-order chi connectivity index (χ1) is 26.2. The second-order valence-electron chi connectivity index (χ2n) is 11.1. The van der Waals surface area contributed by atoms with Crippen molar-refractivity contribution < 1.29 is 18.3 Å². The van der Waals surface area contributed by atoms with Crippen LogP contribution < -0.4 is 21.7 Å². The quantitative estimate of drug-likeness (QED) is 0.0843. The number of halogens is 4. The lowest BCUT2D eigenvalue weighted by Crippen LogP contribution is -2.26. The Bertz CT molecular complexity index is 2350. The van der Waals surface area contributed by atoms with Gasteiger partial charge in [-0.2, -0.15) is 9.97 Å². The zero-order valence-electron chi connectivity index (χ0n) is 28.1. The fraction of sp³-hybridized carbons (Fsp3) is 0.229.